The Balaban J connectivity index is 2.49. The van der Waals surface area contributed by atoms with Gasteiger partial charge in [-0.2, -0.15) is 5.26 Å². The molecule has 0 atom stereocenters. The number of thioether (sulfide) groups is 2. The number of nitrogens with zero attached hydrogens (tertiary/aromatic N) is 1. The summed E-state index contributed by atoms with van der Waals surface area (Å²) in [5.41, 5.74) is 0. The zero-order valence-corrected chi connectivity index (χ0v) is 14.5. The number of hydrogen-bond donors (Lipinski definition) is 1. The Labute approximate surface area is 119 Å². The van der Waals surface area contributed by atoms with Crippen LogP contribution in [0.4, 0.5) is 0 Å². The van der Waals surface area contributed by atoms with Crippen molar-refractivity contribution in [3.8, 4) is 6.07 Å². The van der Waals surface area contributed by atoms with E-state index < -0.39 is 22.2 Å². The lowest BCUT2D eigenvalue weighted by Crippen LogP contribution is -2.38. The number of rotatable bonds is 6. The van der Waals surface area contributed by atoms with Crippen LogP contribution in [0.3, 0.4) is 0 Å². The molecule has 8 heteroatoms. The summed E-state index contributed by atoms with van der Waals surface area (Å²) in [6.45, 7) is 6.68. The van der Waals surface area contributed by atoms with Crippen LogP contribution in [0.5, 0.6) is 0 Å². The summed E-state index contributed by atoms with van der Waals surface area (Å²) in [5.74, 6) is 2.00. The van der Waals surface area contributed by atoms with E-state index in [1.54, 1.807) is 0 Å². The van der Waals surface area contributed by atoms with Gasteiger partial charge in [0.1, 0.15) is 0 Å². The van der Waals surface area contributed by atoms with Crippen molar-refractivity contribution in [3.63, 3.8) is 0 Å². The molecule has 1 aliphatic heterocycles. The first-order valence-electron chi connectivity index (χ1n) is 5.85. The third kappa shape index (κ3) is 5.53. The Hall–Kier alpha value is 0.317. The first-order chi connectivity index (χ1) is 8.18. The zero-order valence-electron chi connectivity index (χ0n) is 11.0. The lowest BCUT2D eigenvalue weighted by molar-refractivity contribution is 0.583. The van der Waals surface area contributed by atoms with Crippen molar-refractivity contribution in [2.24, 2.45) is 0 Å². The van der Waals surface area contributed by atoms with Crippen molar-refractivity contribution in [3.05, 3.63) is 0 Å². The molecule has 0 aromatic rings. The minimum atomic E-state index is -3.24. The fourth-order valence-corrected chi connectivity index (χ4v) is 8.30. The second-order valence-corrected chi connectivity index (χ2v) is 16.1. The van der Waals surface area contributed by atoms with E-state index in [2.05, 4.69) is 30.4 Å². The maximum atomic E-state index is 11.9. The summed E-state index contributed by atoms with van der Waals surface area (Å²) in [6.07, 6.45) is 0. The standard InChI is InChI=1S/C10H20N2O2S3Si/c1-18(2,3)7-6-17(13,14)12-9-10(8-11)15-4-5-16-10/h12H,4-7,9H2,1-3H3. The van der Waals surface area contributed by atoms with Crippen molar-refractivity contribution in [1.29, 1.82) is 5.26 Å². The normalized spacial score (nSPS) is 19.7. The molecule has 0 bridgehead atoms. The lowest BCUT2D eigenvalue weighted by atomic mass is 10.5. The average molecular weight is 325 g/mol. The van der Waals surface area contributed by atoms with E-state index in [1.165, 1.54) is 23.5 Å². The summed E-state index contributed by atoms with van der Waals surface area (Å²) in [5, 5.41) is 9.15. The van der Waals surface area contributed by atoms with Crippen LogP contribution < -0.4 is 4.72 Å². The molecule has 1 fully saturated rings. The number of sulfonamides is 1. The molecule has 1 heterocycles. The third-order valence-corrected chi connectivity index (χ3v) is 9.19. The van der Waals surface area contributed by atoms with Crippen molar-refractivity contribution in [1.82, 2.24) is 4.72 Å². The molecule has 1 aliphatic rings. The Bertz CT molecular complexity index is 419. The van der Waals surface area contributed by atoms with Gasteiger partial charge >= 0.3 is 0 Å². The minimum Gasteiger partial charge on any atom is -0.212 e. The van der Waals surface area contributed by atoms with Gasteiger partial charge in [-0.05, 0) is 6.04 Å². The van der Waals surface area contributed by atoms with E-state index in [0.29, 0.717) is 0 Å². The van der Waals surface area contributed by atoms with Gasteiger partial charge in [-0.15, -0.1) is 23.5 Å². The van der Waals surface area contributed by atoms with E-state index in [4.69, 9.17) is 5.26 Å². The molecule has 1 saturated heterocycles. The summed E-state index contributed by atoms with van der Waals surface area (Å²) in [4.78, 5) is 0. The number of nitriles is 1. The molecule has 0 aromatic heterocycles. The molecule has 0 amide bonds. The number of hydrogen-bond acceptors (Lipinski definition) is 5. The largest absolute Gasteiger partial charge is 0.212 e. The Morgan fingerprint density at radius 3 is 2.33 bits per heavy atom. The first-order valence-corrected chi connectivity index (χ1v) is 13.2. The summed E-state index contributed by atoms with van der Waals surface area (Å²) < 4.78 is 25.7. The Morgan fingerprint density at radius 2 is 1.89 bits per heavy atom. The maximum absolute atomic E-state index is 11.9. The molecule has 1 rings (SSSR count). The lowest BCUT2D eigenvalue weighted by Gasteiger charge is -2.20. The second-order valence-electron chi connectivity index (χ2n) is 5.51. The molecule has 104 valence electrons. The number of nitrogens with one attached hydrogen (secondary N) is 1. The van der Waals surface area contributed by atoms with Gasteiger partial charge in [0.2, 0.25) is 10.0 Å². The quantitative estimate of drug-likeness (QED) is 0.756. The third-order valence-electron chi connectivity index (χ3n) is 2.57. The van der Waals surface area contributed by atoms with Gasteiger partial charge in [-0.3, -0.25) is 0 Å². The maximum Gasteiger partial charge on any atom is 0.211 e. The van der Waals surface area contributed by atoms with E-state index in [0.717, 1.165) is 17.5 Å². The summed E-state index contributed by atoms with van der Waals surface area (Å²) in [6, 6.07) is 2.98. The molecule has 0 saturated carbocycles. The highest BCUT2D eigenvalue weighted by molar-refractivity contribution is 8.21. The first kappa shape index (κ1) is 16.4. The van der Waals surface area contributed by atoms with Crippen LogP contribution >= 0.6 is 23.5 Å². The molecule has 0 aliphatic carbocycles. The molecular weight excluding hydrogens is 304 g/mol. The van der Waals surface area contributed by atoms with Gasteiger partial charge in [0, 0.05) is 26.1 Å². The predicted molar refractivity (Wildman–Crippen MR) is 83.2 cm³/mol. The van der Waals surface area contributed by atoms with Gasteiger partial charge in [-0.1, -0.05) is 19.6 Å². The van der Waals surface area contributed by atoms with Crippen LogP contribution in [-0.4, -0.2) is 44.4 Å². The smallest absolute Gasteiger partial charge is 0.211 e. The van der Waals surface area contributed by atoms with Crippen molar-refractivity contribution in [2.75, 3.05) is 23.8 Å². The minimum absolute atomic E-state index is 0.180. The van der Waals surface area contributed by atoms with Crippen LogP contribution in [0.15, 0.2) is 0 Å². The van der Waals surface area contributed by atoms with Crippen LogP contribution in [-0.2, 0) is 10.0 Å². The van der Waals surface area contributed by atoms with Crippen molar-refractivity contribution >= 4 is 41.6 Å². The van der Waals surface area contributed by atoms with Gasteiger partial charge < -0.3 is 0 Å². The SMILES string of the molecule is C[Si](C)(C)CCS(=O)(=O)NCC1(C#N)SCCS1. The highest BCUT2D eigenvalue weighted by Gasteiger charge is 2.37. The molecule has 1 N–H and O–H groups in total. The van der Waals surface area contributed by atoms with Crippen molar-refractivity contribution in [2.45, 2.75) is 29.8 Å². The molecule has 0 unspecified atom stereocenters. The molecule has 0 radical (unpaired) electrons. The van der Waals surface area contributed by atoms with E-state index in [-0.39, 0.29) is 12.3 Å². The van der Waals surface area contributed by atoms with Crippen molar-refractivity contribution < 1.29 is 8.42 Å². The van der Waals surface area contributed by atoms with Gasteiger partial charge in [0.15, 0.2) is 4.08 Å². The van der Waals surface area contributed by atoms with Gasteiger partial charge in [-0.25, -0.2) is 13.1 Å². The Morgan fingerprint density at radius 1 is 1.33 bits per heavy atom. The monoisotopic (exact) mass is 324 g/mol. The Kier molecular flexibility index (Phi) is 5.62. The topological polar surface area (TPSA) is 70.0 Å². The van der Waals surface area contributed by atoms with E-state index in [9.17, 15) is 8.42 Å². The van der Waals surface area contributed by atoms with Gasteiger partial charge in [0.05, 0.1) is 11.8 Å². The van der Waals surface area contributed by atoms with Crippen LogP contribution in [0.1, 0.15) is 0 Å². The molecule has 18 heavy (non-hydrogen) atoms. The predicted octanol–water partition coefficient (Wildman–Crippen LogP) is 1.94. The molecular formula is C10H20N2O2S3Si. The highest BCUT2D eigenvalue weighted by Crippen LogP contribution is 2.42. The molecule has 0 spiro atoms. The van der Waals surface area contributed by atoms with Crippen LogP contribution in [0.2, 0.25) is 25.7 Å². The van der Waals surface area contributed by atoms with Crippen LogP contribution in [0, 0.1) is 11.3 Å². The molecule has 0 aromatic carbocycles. The van der Waals surface area contributed by atoms with E-state index >= 15 is 0 Å². The fourth-order valence-electron chi connectivity index (χ4n) is 1.38. The van der Waals surface area contributed by atoms with Crippen LogP contribution in [0.25, 0.3) is 0 Å². The average Bonchev–Trinajstić information content (AvgIpc) is 2.73. The summed E-state index contributed by atoms with van der Waals surface area (Å²) in [7, 11) is -4.59. The summed E-state index contributed by atoms with van der Waals surface area (Å²) >= 11 is 3.08. The van der Waals surface area contributed by atoms with E-state index in [1.807, 2.05) is 0 Å². The second kappa shape index (κ2) is 6.18. The fraction of sp³-hybridized carbons (Fsp3) is 0.900. The highest BCUT2D eigenvalue weighted by atomic mass is 32.2. The molecule has 4 nitrogen and oxygen atoms in total. The van der Waals surface area contributed by atoms with Gasteiger partial charge in [0.25, 0.3) is 0 Å². The zero-order chi connectivity index (χ0) is 13.9.